The summed E-state index contributed by atoms with van der Waals surface area (Å²) in [7, 11) is 2.96. The van der Waals surface area contributed by atoms with E-state index in [0.717, 1.165) is 11.1 Å². The molecule has 7 nitrogen and oxygen atoms in total. The fourth-order valence-electron chi connectivity index (χ4n) is 2.77. The lowest BCUT2D eigenvalue weighted by Crippen LogP contribution is -2.10. The van der Waals surface area contributed by atoms with Gasteiger partial charge in [-0.25, -0.2) is 0 Å². The molecule has 0 atom stereocenters. The second kappa shape index (κ2) is 11.8. The molecule has 7 heteroatoms. The quantitative estimate of drug-likeness (QED) is 0.236. The zero-order valence-electron chi connectivity index (χ0n) is 18.2. The first-order chi connectivity index (χ1) is 14.9. The SMILES string of the molecule is COCOc1cc(O)c(C(=O)/C=C/c2ccc(O)cc2)c(OCOC)c1CC=C(C)C. The van der Waals surface area contributed by atoms with E-state index in [1.165, 1.54) is 38.5 Å². The lowest BCUT2D eigenvalue weighted by atomic mass is 9.99. The van der Waals surface area contributed by atoms with Crippen LogP contribution in [0.1, 0.15) is 35.3 Å². The highest BCUT2D eigenvalue weighted by atomic mass is 16.7. The molecule has 31 heavy (non-hydrogen) atoms. The second-order valence-electron chi connectivity index (χ2n) is 6.95. The number of ketones is 1. The van der Waals surface area contributed by atoms with Gasteiger partial charge < -0.3 is 29.2 Å². The molecule has 0 aliphatic heterocycles. The molecule has 0 unspecified atom stereocenters. The van der Waals surface area contributed by atoms with E-state index in [-0.39, 0.29) is 36.4 Å². The molecule has 166 valence electrons. The van der Waals surface area contributed by atoms with Gasteiger partial charge in [0.15, 0.2) is 19.4 Å². The number of phenolic OH excluding ortho intramolecular Hbond substituents is 2. The van der Waals surface area contributed by atoms with Crippen molar-refractivity contribution < 1.29 is 34.0 Å². The zero-order chi connectivity index (χ0) is 22.8. The Bertz CT molecular complexity index is 939. The average molecular weight is 428 g/mol. The third-order valence-corrected chi connectivity index (χ3v) is 4.26. The largest absolute Gasteiger partial charge is 0.508 e. The van der Waals surface area contributed by atoms with Gasteiger partial charge in [-0.05, 0) is 44.0 Å². The molecule has 2 N–H and O–H groups in total. The highest BCUT2D eigenvalue weighted by Crippen LogP contribution is 2.40. The Hall–Kier alpha value is -3.29. The summed E-state index contributed by atoms with van der Waals surface area (Å²) in [5.74, 6) is -0.0632. The van der Waals surface area contributed by atoms with Crippen LogP contribution in [0.25, 0.3) is 6.08 Å². The van der Waals surface area contributed by atoms with E-state index in [0.29, 0.717) is 17.7 Å². The number of methoxy groups -OCH3 is 2. The summed E-state index contributed by atoms with van der Waals surface area (Å²) in [5, 5.41) is 20.0. The molecular weight excluding hydrogens is 400 g/mol. The van der Waals surface area contributed by atoms with E-state index in [1.54, 1.807) is 18.2 Å². The van der Waals surface area contributed by atoms with Crippen molar-refractivity contribution in [3.8, 4) is 23.0 Å². The first-order valence-electron chi connectivity index (χ1n) is 9.64. The van der Waals surface area contributed by atoms with Gasteiger partial charge in [-0.2, -0.15) is 0 Å². The van der Waals surface area contributed by atoms with Crippen LogP contribution in [0.3, 0.4) is 0 Å². The fourth-order valence-corrected chi connectivity index (χ4v) is 2.77. The van der Waals surface area contributed by atoms with Gasteiger partial charge in [-0.1, -0.05) is 29.9 Å². The Morgan fingerprint density at radius 1 is 1.00 bits per heavy atom. The average Bonchev–Trinajstić information content (AvgIpc) is 2.74. The van der Waals surface area contributed by atoms with Gasteiger partial charge in [-0.3, -0.25) is 4.79 Å². The van der Waals surface area contributed by atoms with Crippen LogP contribution in [0.4, 0.5) is 0 Å². The lowest BCUT2D eigenvalue weighted by Gasteiger charge is -2.19. The summed E-state index contributed by atoms with van der Waals surface area (Å²) >= 11 is 0. The molecule has 0 radical (unpaired) electrons. The van der Waals surface area contributed by atoms with E-state index in [9.17, 15) is 15.0 Å². The van der Waals surface area contributed by atoms with Crippen LogP contribution in [0.2, 0.25) is 0 Å². The van der Waals surface area contributed by atoms with Crippen molar-refractivity contribution in [2.75, 3.05) is 27.8 Å². The maximum absolute atomic E-state index is 13.0. The van der Waals surface area contributed by atoms with Gasteiger partial charge in [0.25, 0.3) is 0 Å². The number of phenols is 2. The van der Waals surface area contributed by atoms with Crippen LogP contribution < -0.4 is 9.47 Å². The van der Waals surface area contributed by atoms with E-state index >= 15 is 0 Å². The summed E-state index contributed by atoms with van der Waals surface area (Å²) in [6, 6.07) is 7.77. The molecule has 0 spiro atoms. The Kier molecular flexibility index (Phi) is 9.12. The number of rotatable bonds is 11. The van der Waals surface area contributed by atoms with E-state index < -0.39 is 5.78 Å². The predicted octanol–water partition coefficient (Wildman–Crippen LogP) is 4.47. The smallest absolute Gasteiger partial charge is 0.193 e. The number of aromatic hydroxyl groups is 2. The van der Waals surface area contributed by atoms with Gasteiger partial charge in [0.05, 0.1) is 0 Å². The molecule has 0 aliphatic carbocycles. The minimum absolute atomic E-state index is 0.00833. The number of benzene rings is 2. The molecule has 2 aromatic rings. The van der Waals surface area contributed by atoms with Crippen LogP contribution >= 0.6 is 0 Å². The highest BCUT2D eigenvalue weighted by molar-refractivity contribution is 6.11. The van der Waals surface area contributed by atoms with Crippen LogP contribution in [0.5, 0.6) is 23.0 Å². The first-order valence-corrected chi connectivity index (χ1v) is 9.64. The standard InChI is InChI=1S/C24H28O7/c1-16(2)5-11-19-22(30-14-28-3)13-21(27)23(24(19)31-15-29-4)20(26)12-8-17-6-9-18(25)10-7-17/h5-10,12-13,25,27H,11,14-15H2,1-4H3/b12-8+. The second-order valence-corrected chi connectivity index (χ2v) is 6.95. The number of hydrogen-bond acceptors (Lipinski definition) is 7. The molecule has 0 fully saturated rings. The molecule has 0 saturated carbocycles. The number of carbonyl (C=O) groups is 1. The number of carbonyl (C=O) groups excluding carboxylic acids is 1. The molecule has 0 saturated heterocycles. The monoisotopic (exact) mass is 428 g/mol. The molecule has 0 aromatic heterocycles. The predicted molar refractivity (Wildman–Crippen MR) is 118 cm³/mol. The van der Waals surface area contributed by atoms with E-state index in [2.05, 4.69) is 0 Å². The summed E-state index contributed by atoms with van der Waals surface area (Å²) in [6.07, 6.45) is 5.31. The Labute approximate surface area is 182 Å². The van der Waals surface area contributed by atoms with Crippen molar-refractivity contribution in [2.24, 2.45) is 0 Å². The summed E-state index contributed by atoms with van der Waals surface area (Å²) in [4.78, 5) is 13.0. The zero-order valence-corrected chi connectivity index (χ0v) is 18.2. The molecule has 0 heterocycles. The van der Waals surface area contributed by atoms with Gasteiger partial charge >= 0.3 is 0 Å². The third-order valence-electron chi connectivity index (χ3n) is 4.26. The van der Waals surface area contributed by atoms with E-state index in [1.807, 2.05) is 19.9 Å². The molecule has 0 bridgehead atoms. The number of ether oxygens (including phenoxy) is 4. The first kappa shape index (κ1) is 24.0. The van der Waals surface area contributed by atoms with Crippen molar-refractivity contribution in [1.29, 1.82) is 0 Å². The van der Waals surface area contributed by atoms with Gasteiger partial charge in [0, 0.05) is 25.8 Å². The minimum Gasteiger partial charge on any atom is -0.508 e. The van der Waals surface area contributed by atoms with Crippen LogP contribution in [0, 0.1) is 0 Å². The third kappa shape index (κ3) is 6.87. The summed E-state index contributed by atoms with van der Waals surface area (Å²) in [5.41, 5.74) is 2.39. The maximum atomic E-state index is 13.0. The van der Waals surface area contributed by atoms with Crippen LogP contribution in [-0.2, 0) is 15.9 Å². The number of hydrogen-bond donors (Lipinski definition) is 2. The van der Waals surface area contributed by atoms with Crippen LogP contribution in [-0.4, -0.2) is 43.8 Å². The lowest BCUT2D eigenvalue weighted by molar-refractivity contribution is 0.0441. The highest BCUT2D eigenvalue weighted by Gasteiger charge is 2.24. The van der Waals surface area contributed by atoms with Crippen molar-refractivity contribution in [2.45, 2.75) is 20.3 Å². The number of allylic oxidation sites excluding steroid dienone is 3. The van der Waals surface area contributed by atoms with Crippen molar-refractivity contribution in [3.63, 3.8) is 0 Å². The fraction of sp³-hybridized carbons (Fsp3) is 0.292. The normalized spacial score (nSPS) is 10.8. The summed E-state index contributed by atoms with van der Waals surface area (Å²) < 4.78 is 21.3. The van der Waals surface area contributed by atoms with E-state index in [4.69, 9.17) is 18.9 Å². The topological polar surface area (TPSA) is 94.5 Å². The Morgan fingerprint density at radius 3 is 2.26 bits per heavy atom. The minimum atomic E-state index is -0.451. The van der Waals surface area contributed by atoms with Crippen LogP contribution in [0.15, 0.2) is 48.1 Å². The van der Waals surface area contributed by atoms with Crippen molar-refractivity contribution >= 4 is 11.9 Å². The molecule has 2 rings (SSSR count). The molecule has 0 aliphatic rings. The Morgan fingerprint density at radius 2 is 1.65 bits per heavy atom. The molecule has 0 amide bonds. The van der Waals surface area contributed by atoms with Crippen molar-refractivity contribution in [1.82, 2.24) is 0 Å². The van der Waals surface area contributed by atoms with Gasteiger partial charge in [0.1, 0.15) is 28.6 Å². The summed E-state index contributed by atoms with van der Waals surface area (Å²) in [6.45, 7) is 3.77. The van der Waals surface area contributed by atoms with Gasteiger partial charge in [0.2, 0.25) is 0 Å². The molecule has 2 aromatic carbocycles. The maximum Gasteiger partial charge on any atom is 0.193 e. The van der Waals surface area contributed by atoms with Crippen molar-refractivity contribution in [3.05, 3.63) is 64.7 Å². The van der Waals surface area contributed by atoms with Gasteiger partial charge in [-0.15, -0.1) is 0 Å². The Balaban J connectivity index is 2.54. The molecular formula is C24H28O7.